The maximum Gasteiger partial charge on any atom is 0.187 e. The van der Waals surface area contributed by atoms with Crippen molar-refractivity contribution in [2.45, 2.75) is 17.8 Å². The number of rotatable bonds is 4. The summed E-state index contributed by atoms with van der Waals surface area (Å²) >= 11 is 6.31. The number of halogens is 1. The van der Waals surface area contributed by atoms with Gasteiger partial charge in [-0.05, 0) is 41.8 Å². The van der Waals surface area contributed by atoms with E-state index in [2.05, 4.69) is 5.32 Å². The van der Waals surface area contributed by atoms with Crippen molar-refractivity contribution in [3.8, 4) is 0 Å². The summed E-state index contributed by atoms with van der Waals surface area (Å²) in [7, 11) is 0. The minimum atomic E-state index is -0.933. The Kier molecular flexibility index (Phi) is 4.88. The van der Waals surface area contributed by atoms with E-state index < -0.39 is 11.4 Å². The monoisotopic (exact) mass is 390 g/mol. The molecule has 3 N–H and O–H groups in total. The Hall–Kier alpha value is -3.11. The number of nitrogen functional groups attached to an aromatic ring is 1. The molecule has 1 aliphatic rings. The van der Waals surface area contributed by atoms with Gasteiger partial charge in [0.15, 0.2) is 11.6 Å². The molecule has 0 bridgehead atoms. The van der Waals surface area contributed by atoms with E-state index in [-0.39, 0.29) is 11.6 Å². The van der Waals surface area contributed by atoms with Crippen molar-refractivity contribution in [3.05, 3.63) is 95.1 Å². The van der Waals surface area contributed by atoms with Crippen molar-refractivity contribution in [1.82, 2.24) is 0 Å². The predicted molar refractivity (Wildman–Crippen MR) is 112 cm³/mol. The average molecular weight is 391 g/mol. The fourth-order valence-electron chi connectivity index (χ4n) is 3.42. The topological polar surface area (TPSA) is 72.2 Å². The molecule has 0 radical (unpaired) electrons. The number of benzene rings is 3. The summed E-state index contributed by atoms with van der Waals surface area (Å²) in [6, 6.07) is 21.6. The molecule has 3 aromatic rings. The number of nitrogens with two attached hydrogens (primary N) is 1. The molecule has 0 amide bonds. The van der Waals surface area contributed by atoms with E-state index in [0.29, 0.717) is 11.1 Å². The summed E-state index contributed by atoms with van der Waals surface area (Å²) in [4.78, 5) is 25.3. The number of hydrogen-bond donors (Lipinski definition) is 2. The van der Waals surface area contributed by atoms with Gasteiger partial charge in [-0.15, -0.1) is 11.6 Å². The van der Waals surface area contributed by atoms with Crippen molar-refractivity contribution in [3.63, 3.8) is 0 Å². The summed E-state index contributed by atoms with van der Waals surface area (Å²) in [6.07, 6.45) is 0.785. The van der Waals surface area contributed by atoms with Crippen LogP contribution in [0.15, 0.2) is 72.8 Å². The largest absolute Gasteiger partial charge is 0.399 e. The van der Waals surface area contributed by atoms with E-state index in [1.807, 2.05) is 48.5 Å². The van der Waals surface area contributed by atoms with Gasteiger partial charge in [-0.2, -0.15) is 0 Å². The lowest BCUT2D eigenvalue weighted by Crippen LogP contribution is -2.46. The third-order valence-electron chi connectivity index (χ3n) is 4.95. The van der Waals surface area contributed by atoms with Crippen LogP contribution < -0.4 is 11.1 Å². The Morgan fingerprint density at radius 3 is 1.93 bits per heavy atom. The summed E-state index contributed by atoms with van der Waals surface area (Å²) < 4.78 is 0. The number of hydrogen-bond acceptors (Lipinski definition) is 4. The predicted octanol–water partition coefficient (Wildman–Crippen LogP) is 4.33. The molecule has 0 aliphatic heterocycles. The van der Waals surface area contributed by atoms with Crippen LogP contribution in [0, 0.1) is 0 Å². The second-order valence-corrected chi connectivity index (χ2v) is 7.38. The van der Waals surface area contributed by atoms with Gasteiger partial charge >= 0.3 is 0 Å². The highest BCUT2D eigenvalue weighted by Crippen LogP contribution is 2.27. The Morgan fingerprint density at radius 1 is 0.786 bits per heavy atom. The molecule has 4 nitrogen and oxygen atoms in total. The normalized spacial score (nSPS) is 18.6. The van der Waals surface area contributed by atoms with Crippen LogP contribution in [0.3, 0.4) is 0 Å². The molecule has 0 heterocycles. The molecule has 140 valence electrons. The first-order valence-electron chi connectivity index (χ1n) is 9.04. The van der Waals surface area contributed by atoms with Crippen LogP contribution in [0.1, 0.15) is 31.8 Å². The summed E-state index contributed by atoms with van der Waals surface area (Å²) in [6.45, 7) is 0. The Bertz CT molecular complexity index is 1030. The third kappa shape index (κ3) is 3.51. The zero-order valence-corrected chi connectivity index (χ0v) is 15.8. The summed E-state index contributed by atoms with van der Waals surface area (Å²) in [5, 5.41) is 2.20. The minimum absolute atomic E-state index is 0.166. The smallest absolute Gasteiger partial charge is 0.187 e. The fourth-order valence-corrected chi connectivity index (χ4v) is 3.72. The average Bonchev–Trinajstić information content (AvgIpc) is 2.72. The molecule has 0 fully saturated rings. The lowest BCUT2D eigenvalue weighted by atomic mass is 9.85. The van der Waals surface area contributed by atoms with Gasteiger partial charge < -0.3 is 11.1 Å². The molecular weight excluding hydrogens is 372 g/mol. The molecule has 0 saturated carbocycles. The quantitative estimate of drug-likeness (QED) is 0.514. The van der Waals surface area contributed by atoms with Crippen molar-refractivity contribution < 1.29 is 9.59 Å². The van der Waals surface area contributed by atoms with Crippen molar-refractivity contribution >= 4 is 34.5 Å². The second kappa shape index (κ2) is 7.49. The van der Waals surface area contributed by atoms with Crippen molar-refractivity contribution in [2.75, 3.05) is 11.1 Å². The van der Waals surface area contributed by atoms with Gasteiger partial charge in [0.05, 0.1) is 0 Å². The van der Waals surface area contributed by atoms with E-state index in [4.69, 9.17) is 17.3 Å². The first-order chi connectivity index (χ1) is 13.5. The number of carbonyl (C=O) groups is 2. The van der Waals surface area contributed by atoms with Crippen LogP contribution in [0.25, 0.3) is 0 Å². The molecule has 2 unspecified atom stereocenters. The number of alkyl halides is 1. The van der Waals surface area contributed by atoms with Gasteiger partial charge in [-0.3, -0.25) is 9.59 Å². The van der Waals surface area contributed by atoms with Crippen LogP contribution in [0.2, 0.25) is 0 Å². The molecule has 4 rings (SSSR count). The highest BCUT2D eigenvalue weighted by atomic mass is 35.5. The van der Waals surface area contributed by atoms with E-state index in [9.17, 15) is 9.59 Å². The molecular formula is C23H19ClN2O2. The van der Waals surface area contributed by atoms with E-state index in [1.54, 1.807) is 24.3 Å². The van der Waals surface area contributed by atoms with E-state index >= 15 is 0 Å². The molecule has 0 saturated heterocycles. The molecule has 0 aromatic heterocycles. The fraction of sp³-hybridized carbons (Fsp3) is 0.130. The molecule has 0 spiro atoms. The van der Waals surface area contributed by atoms with Gasteiger partial charge in [-0.1, -0.05) is 48.5 Å². The van der Waals surface area contributed by atoms with Crippen LogP contribution in [0.4, 0.5) is 11.4 Å². The van der Waals surface area contributed by atoms with Crippen LogP contribution in [-0.2, 0) is 6.42 Å². The number of anilines is 2. The first kappa shape index (κ1) is 18.3. The van der Waals surface area contributed by atoms with Crippen molar-refractivity contribution in [1.29, 1.82) is 0 Å². The number of Topliss-reactive ketones (excluding diaryl/α,β-unsaturated/α-hetero) is 2. The third-order valence-corrected chi connectivity index (χ3v) is 5.40. The van der Waals surface area contributed by atoms with Gasteiger partial charge in [-0.25, -0.2) is 0 Å². The summed E-state index contributed by atoms with van der Waals surface area (Å²) in [5.74, 6) is -0.393. The zero-order valence-electron chi connectivity index (χ0n) is 15.1. The number of nitrogens with one attached hydrogen (secondary N) is 1. The second-order valence-electron chi connectivity index (χ2n) is 6.91. The zero-order chi connectivity index (χ0) is 19.7. The molecule has 2 atom stereocenters. The van der Waals surface area contributed by atoms with Gasteiger partial charge in [0, 0.05) is 22.5 Å². The number of ketones is 2. The molecule has 28 heavy (non-hydrogen) atoms. The maximum absolute atomic E-state index is 12.8. The van der Waals surface area contributed by atoms with E-state index in [0.717, 1.165) is 23.4 Å². The first-order valence-corrected chi connectivity index (χ1v) is 9.48. The van der Waals surface area contributed by atoms with Crippen LogP contribution in [-0.4, -0.2) is 23.0 Å². The number of carbonyl (C=O) groups excluding carboxylic acids is 2. The Morgan fingerprint density at radius 2 is 1.32 bits per heavy atom. The molecule has 5 heteroatoms. The molecule has 1 aliphatic carbocycles. The van der Waals surface area contributed by atoms with Gasteiger partial charge in [0.1, 0.15) is 11.4 Å². The maximum atomic E-state index is 12.8. The standard InChI is InChI=1S/C23H19ClN2O2/c24-20-21(23(28)19-4-2-1-3-18(19)22(20)27)26-17-11-7-15(8-12-17)13-14-5-9-16(25)10-6-14/h1-12,20-21,26H,13,25H2. The highest BCUT2D eigenvalue weighted by molar-refractivity contribution is 6.39. The lowest BCUT2D eigenvalue weighted by molar-refractivity contribution is 0.0881. The number of fused-ring (bicyclic) bond motifs is 1. The Balaban J connectivity index is 1.50. The summed E-state index contributed by atoms with van der Waals surface area (Å²) in [5.41, 5.74) is 10.3. The minimum Gasteiger partial charge on any atom is -0.399 e. The SMILES string of the molecule is Nc1ccc(Cc2ccc(NC3C(=O)c4ccccc4C(=O)C3Cl)cc2)cc1. The van der Waals surface area contributed by atoms with Crippen LogP contribution >= 0.6 is 11.6 Å². The highest BCUT2D eigenvalue weighted by Gasteiger charge is 2.40. The Labute approximate surface area is 168 Å². The van der Waals surface area contributed by atoms with Gasteiger partial charge in [0.25, 0.3) is 0 Å². The van der Waals surface area contributed by atoms with Crippen LogP contribution in [0.5, 0.6) is 0 Å². The van der Waals surface area contributed by atoms with Gasteiger partial charge in [0.2, 0.25) is 0 Å². The van der Waals surface area contributed by atoms with Crippen molar-refractivity contribution in [2.24, 2.45) is 0 Å². The molecule has 3 aromatic carbocycles. The van der Waals surface area contributed by atoms with E-state index in [1.165, 1.54) is 5.56 Å². The lowest BCUT2D eigenvalue weighted by Gasteiger charge is -2.28.